The number of anilines is 1. The van der Waals surface area contributed by atoms with Crippen LogP contribution < -0.4 is 5.32 Å². The van der Waals surface area contributed by atoms with Crippen molar-refractivity contribution < 1.29 is 9.53 Å². The number of ether oxygens (including phenoxy) is 1. The highest BCUT2D eigenvalue weighted by Gasteiger charge is 2.17. The molecule has 0 saturated heterocycles. The van der Waals surface area contributed by atoms with Crippen molar-refractivity contribution in [2.45, 2.75) is 32.4 Å². The number of benzene rings is 2. The van der Waals surface area contributed by atoms with E-state index >= 15 is 0 Å². The molecule has 1 unspecified atom stereocenters. The van der Waals surface area contributed by atoms with Gasteiger partial charge in [-0.25, -0.2) is 0 Å². The number of methoxy groups -OCH3 is 1. The molecule has 148 valence electrons. The summed E-state index contributed by atoms with van der Waals surface area (Å²) >= 11 is 0. The Morgan fingerprint density at radius 2 is 1.97 bits per heavy atom. The van der Waals surface area contributed by atoms with Crippen molar-refractivity contribution in [1.29, 1.82) is 5.26 Å². The van der Waals surface area contributed by atoms with Crippen LogP contribution in [0.1, 0.15) is 48.2 Å². The van der Waals surface area contributed by atoms with E-state index in [0.717, 1.165) is 11.1 Å². The Morgan fingerprint density at radius 3 is 2.62 bits per heavy atom. The molecule has 0 radical (unpaired) electrons. The molecule has 0 aliphatic rings. The molecule has 0 aliphatic carbocycles. The molecule has 0 saturated carbocycles. The Hall–Kier alpha value is -3.50. The molecule has 0 bridgehead atoms. The number of amides is 1. The smallest absolute Gasteiger partial charge is 0.230 e. The van der Waals surface area contributed by atoms with Crippen LogP contribution in [0.25, 0.3) is 0 Å². The summed E-state index contributed by atoms with van der Waals surface area (Å²) in [5, 5.41) is 20.3. The van der Waals surface area contributed by atoms with Gasteiger partial charge in [-0.3, -0.25) is 4.79 Å². The summed E-state index contributed by atoms with van der Waals surface area (Å²) in [4.78, 5) is 13.7. The molecule has 0 aliphatic heterocycles. The van der Waals surface area contributed by atoms with Gasteiger partial charge in [-0.2, -0.15) is 10.4 Å². The van der Waals surface area contributed by atoms with E-state index in [2.05, 4.69) is 35.4 Å². The first kappa shape index (κ1) is 20.2. The summed E-state index contributed by atoms with van der Waals surface area (Å²) in [5.74, 6) is 0.623. The molecular weight excluding hydrogens is 366 g/mol. The largest absolute Gasteiger partial charge is 0.354 e. The van der Waals surface area contributed by atoms with E-state index in [1.54, 1.807) is 18.2 Å². The van der Waals surface area contributed by atoms with Gasteiger partial charge in [0, 0.05) is 12.7 Å². The maximum absolute atomic E-state index is 12.3. The zero-order valence-corrected chi connectivity index (χ0v) is 16.7. The van der Waals surface area contributed by atoms with Crippen molar-refractivity contribution in [2.75, 3.05) is 12.4 Å². The van der Waals surface area contributed by atoms with E-state index in [1.165, 1.54) is 23.7 Å². The number of nitrogens with zero attached hydrogens (tertiary/aromatic N) is 4. The Morgan fingerprint density at radius 1 is 1.21 bits per heavy atom. The van der Waals surface area contributed by atoms with Gasteiger partial charge in [-0.05, 0) is 29.2 Å². The molecule has 0 fully saturated rings. The fourth-order valence-corrected chi connectivity index (χ4v) is 2.96. The molecular formula is C22H23N5O2. The lowest BCUT2D eigenvalue weighted by molar-refractivity contribution is -0.115. The van der Waals surface area contributed by atoms with Crippen molar-refractivity contribution in [1.82, 2.24) is 15.0 Å². The molecule has 1 aromatic heterocycles. The zero-order chi connectivity index (χ0) is 20.8. The molecule has 3 rings (SSSR count). The number of hydrogen-bond donors (Lipinski definition) is 1. The van der Waals surface area contributed by atoms with E-state index in [1.807, 2.05) is 30.3 Å². The minimum atomic E-state index is -0.600. The van der Waals surface area contributed by atoms with E-state index < -0.39 is 6.23 Å². The Bertz CT molecular complexity index is 1020. The molecule has 1 heterocycles. The average molecular weight is 389 g/mol. The van der Waals surface area contributed by atoms with Crippen LogP contribution in [0.4, 0.5) is 5.82 Å². The lowest BCUT2D eigenvalue weighted by Gasteiger charge is -2.14. The Kier molecular flexibility index (Phi) is 6.37. The fraction of sp³-hybridized carbons (Fsp3) is 0.273. The quantitative estimate of drug-likeness (QED) is 0.666. The Labute approximate surface area is 169 Å². The number of carbonyl (C=O) groups is 1. The third kappa shape index (κ3) is 5.06. The number of hydrogen-bond acceptors (Lipinski definition) is 5. The maximum atomic E-state index is 12.3. The molecule has 29 heavy (non-hydrogen) atoms. The first-order chi connectivity index (χ1) is 14.0. The van der Waals surface area contributed by atoms with Gasteiger partial charge in [-0.1, -0.05) is 50.2 Å². The third-order valence-electron chi connectivity index (χ3n) is 4.52. The highest BCUT2D eigenvalue weighted by atomic mass is 16.5. The van der Waals surface area contributed by atoms with Crippen LogP contribution in [0, 0.1) is 11.3 Å². The summed E-state index contributed by atoms with van der Waals surface area (Å²) in [5.41, 5.74) is 3.43. The van der Waals surface area contributed by atoms with Crippen LogP contribution in [-0.2, 0) is 16.0 Å². The van der Waals surface area contributed by atoms with E-state index in [4.69, 9.17) is 10.00 Å². The minimum absolute atomic E-state index is 0.171. The first-order valence-corrected chi connectivity index (χ1v) is 9.33. The molecule has 1 amide bonds. The van der Waals surface area contributed by atoms with E-state index in [0.29, 0.717) is 17.3 Å². The van der Waals surface area contributed by atoms with Gasteiger partial charge in [0.2, 0.25) is 5.91 Å². The highest BCUT2D eigenvalue weighted by Crippen LogP contribution is 2.20. The molecule has 1 N–H and O–H groups in total. The Balaban J connectivity index is 1.67. The molecule has 7 nitrogen and oxygen atoms in total. The number of nitrogens with one attached hydrogen (secondary N) is 1. The van der Waals surface area contributed by atoms with Gasteiger partial charge in [0.25, 0.3) is 0 Å². The average Bonchev–Trinajstić information content (AvgIpc) is 3.17. The second kappa shape index (κ2) is 9.13. The molecule has 1 atom stereocenters. The predicted molar refractivity (Wildman–Crippen MR) is 109 cm³/mol. The van der Waals surface area contributed by atoms with Gasteiger partial charge in [0.15, 0.2) is 12.0 Å². The zero-order valence-electron chi connectivity index (χ0n) is 16.7. The van der Waals surface area contributed by atoms with Crippen molar-refractivity contribution in [2.24, 2.45) is 0 Å². The number of rotatable bonds is 7. The van der Waals surface area contributed by atoms with Crippen molar-refractivity contribution in [3.8, 4) is 6.07 Å². The number of carbonyl (C=O) groups excluding carboxylic acids is 1. The van der Waals surface area contributed by atoms with Crippen molar-refractivity contribution in [3.63, 3.8) is 0 Å². The van der Waals surface area contributed by atoms with Gasteiger partial charge < -0.3 is 10.1 Å². The number of aromatic nitrogens is 3. The summed E-state index contributed by atoms with van der Waals surface area (Å²) in [6.07, 6.45) is 1.13. The van der Waals surface area contributed by atoms with Crippen molar-refractivity contribution >= 4 is 11.7 Å². The van der Waals surface area contributed by atoms with Crippen LogP contribution in [0.3, 0.4) is 0 Å². The fourth-order valence-electron chi connectivity index (χ4n) is 2.96. The summed E-state index contributed by atoms with van der Waals surface area (Å²) in [6, 6.07) is 17.2. The second-order valence-electron chi connectivity index (χ2n) is 7.00. The van der Waals surface area contributed by atoms with Crippen molar-refractivity contribution in [3.05, 3.63) is 77.0 Å². The minimum Gasteiger partial charge on any atom is -0.354 e. The van der Waals surface area contributed by atoms with Crippen LogP contribution in [0.15, 0.2) is 54.7 Å². The third-order valence-corrected chi connectivity index (χ3v) is 4.52. The lowest BCUT2D eigenvalue weighted by Crippen LogP contribution is -2.18. The van der Waals surface area contributed by atoms with Gasteiger partial charge in [0.1, 0.15) is 0 Å². The molecule has 3 aromatic rings. The van der Waals surface area contributed by atoms with Gasteiger partial charge in [0.05, 0.1) is 24.3 Å². The van der Waals surface area contributed by atoms with E-state index in [9.17, 15) is 4.79 Å². The highest BCUT2D eigenvalue weighted by molar-refractivity contribution is 5.91. The SMILES string of the molecule is COC(c1cccc(C#N)c1)n1ncc(NC(=O)Cc2ccc(C(C)C)cc2)n1. The standard InChI is InChI=1S/C22H23N5O2/c1-15(2)18-9-7-16(8-10-18)12-21(28)25-20-14-24-27(26-20)22(29-3)19-6-4-5-17(11-19)13-23/h4-11,14-15,22H,12H2,1-3H3,(H,25,26,28). The normalized spacial score (nSPS) is 11.8. The summed E-state index contributed by atoms with van der Waals surface area (Å²) in [7, 11) is 1.53. The van der Waals surface area contributed by atoms with Crippen LogP contribution in [0.5, 0.6) is 0 Å². The maximum Gasteiger partial charge on any atom is 0.230 e. The van der Waals surface area contributed by atoms with Crippen LogP contribution in [0.2, 0.25) is 0 Å². The monoisotopic (exact) mass is 389 g/mol. The molecule has 2 aromatic carbocycles. The summed E-state index contributed by atoms with van der Waals surface area (Å²) in [6.45, 7) is 4.27. The van der Waals surface area contributed by atoms with Crippen LogP contribution in [-0.4, -0.2) is 28.0 Å². The van der Waals surface area contributed by atoms with Gasteiger partial charge in [-0.15, -0.1) is 9.90 Å². The topological polar surface area (TPSA) is 92.8 Å². The molecule has 7 heteroatoms. The molecule has 0 spiro atoms. The first-order valence-electron chi connectivity index (χ1n) is 9.33. The number of nitriles is 1. The lowest BCUT2D eigenvalue weighted by atomic mass is 10.0. The predicted octanol–water partition coefficient (Wildman–Crippen LogP) is 3.65. The van der Waals surface area contributed by atoms with Gasteiger partial charge >= 0.3 is 0 Å². The summed E-state index contributed by atoms with van der Waals surface area (Å²) < 4.78 is 5.48. The second-order valence-corrected chi connectivity index (χ2v) is 7.00. The van der Waals surface area contributed by atoms with E-state index in [-0.39, 0.29) is 12.3 Å². The van der Waals surface area contributed by atoms with Crippen LogP contribution >= 0.6 is 0 Å².